The van der Waals surface area contributed by atoms with Crippen LogP contribution >= 0.6 is 0 Å². The number of pyridine rings is 1. The van der Waals surface area contributed by atoms with Crippen molar-refractivity contribution in [3.63, 3.8) is 0 Å². The summed E-state index contributed by atoms with van der Waals surface area (Å²) in [5.74, 6) is -0.279. The standard InChI is InChI=1S/C14H19N3O2/c1-10-8-16-7-3-4-11(16)9-17(10)13-12(14(18)19)5-2-6-15-13/h2,5-6,10-11H,3-4,7-9H2,1H3,(H,18,19). The molecule has 1 N–H and O–H groups in total. The third kappa shape index (κ3) is 2.18. The van der Waals surface area contributed by atoms with E-state index in [1.165, 1.54) is 19.4 Å². The van der Waals surface area contributed by atoms with Gasteiger partial charge in [0.1, 0.15) is 11.4 Å². The molecule has 5 nitrogen and oxygen atoms in total. The zero-order valence-electron chi connectivity index (χ0n) is 11.1. The highest BCUT2D eigenvalue weighted by Gasteiger charge is 2.36. The third-order valence-corrected chi connectivity index (χ3v) is 4.23. The molecule has 1 aromatic heterocycles. The Kier molecular flexibility index (Phi) is 3.14. The van der Waals surface area contributed by atoms with Crippen LogP contribution in [0.5, 0.6) is 0 Å². The van der Waals surface area contributed by atoms with Crippen LogP contribution in [0.4, 0.5) is 5.82 Å². The predicted octanol–water partition coefficient (Wildman–Crippen LogP) is 1.45. The molecule has 2 aliphatic rings. The zero-order chi connectivity index (χ0) is 13.4. The molecule has 2 atom stereocenters. The van der Waals surface area contributed by atoms with E-state index in [1.807, 2.05) is 0 Å². The number of hydrogen-bond donors (Lipinski definition) is 1. The van der Waals surface area contributed by atoms with E-state index in [-0.39, 0.29) is 0 Å². The topological polar surface area (TPSA) is 56.7 Å². The molecular weight excluding hydrogens is 242 g/mol. The van der Waals surface area contributed by atoms with Crippen LogP contribution in [-0.4, -0.2) is 52.7 Å². The molecule has 2 fully saturated rings. The number of carbonyl (C=O) groups is 1. The summed E-state index contributed by atoms with van der Waals surface area (Å²) in [6, 6.07) is 4.18. The second-order valence-corrected chi connectivity index (χ2v) is 5.47. The number of nitrogens with zero attached hydrogens (tertiary/aromatic N) is 3. The minimum absolute atomic E-state index is 0.306. The van der Waals surface area contributed by atoms with Crippen molar-refractivity contribution in [2.75, 3.05) is 24.5 Å². The van der Waals surface area contributed by atoms with Crippen molar-refractivity contribution < 1.29 is 9.90 Å². The van der Waals surface area contributed by atoms with Gasteiger partial charge in [0.25, 0.3) is 0 Å². The fourth-order valence-electron chi connectivity index (χ4n) is 3.28. The summed E-state index contributed by atoms with van der Waals surface area (Å²) in [5.41, 5.74) is 0.306. The van der Waals surface area contributed by atoms with Crippen LogP contribution in [0.15, 0.2) is 18.3 Å². The lowest BCUT2D eigenvalue weighted by atomic mass is 10.1. The highest BCUT2D eigenvalue weighted by atomic mass is 16.4. The second kappa shape index (κ2) is 4.81. The number of piperazine rings is 1. The maximum absolute atomic E-state index is 11.3. The Balaban J connectivity index is 1.91. The van der Waals surface area contributed by atoms with Crippen molar-refractivity contribution in [2.24, 2.45) is 0 Å². The van der Waals surface area contributed by atoms with Crippen LogP contribution < -0.4 is 4.90 Å². The number of aromatic carboxylic acids is 1. The normalized spacial score (nSPS) is 27.3. The van der Waals surface area contributed by atoms with Crippen molar-refractivity contribution in [2.45, 2.75) is 31.8 Å². The van der Waals surface area contributed by atoms with Gasteiger partial charge < -0.3 is 10.0 Å². The van der Waals surface area contributed by atoms with Gasteiger partial charge in [0.15, 0.2) is 0 Å². The molecule has 0 amide bonds. The number of anilines is 1. The maximum atomic E-state index is 11.3. The molecule has 0 saturated carbocycles. The van der Waals surface area contributed by atoms with Crippen molar-refractivity contribution in [3.05, 3.63) is 23.9 Å². The molecule has 2 unspecified atom stereocenters. The van der Waals surface area contributed by atoms with Gasteiger partial charge in [-0.3, -0.25) is 4.90 Å². The number of carboxylic acid groups (broad SMARTS) is 1. The van der Waals surface area contributed by atoms with Crippen molar-refractivity contribution in [1.29, 1.82) is 0 Å². The molecule has 0 aliphatic carbocycles. The van der Waals surface area contributed by atoms with Crippen molar-refractivity contribution >= 4 is 11.8 Å². The lowest BCUT2D eigenvalue weighted by molar-refractivity contribution is 0.0696. The average molecular weight is 261 g/mol. The van der Waals surface area contributed by atoms with Gasteiger partial charge in [-0.15, -0.1) is 0 Å². The molecule has 102 valence electrons. The number of rotatable bonds is 2. The van der Waals surface area contributed by atoms with Gasteiger partial charge in [0, 0.05) is 31.4 Å². The van der Waals surface area contributed by atoms with E-state index >= 15 is 0 Å². The van der Waals surface area contributed by atoms with Gasteiger partial charge in [0.05, 0.1) is 0 Å². The summed E-state index contributed by atoms with van der Waals surface area (Å²) < 4.78 is 0. The van der Waals surface area contributed by atoms with Crippen LogP contribution in [-0.2, 0) is 0 Å². The zero-order valence-corrected chi connectivity index (χ0v) is 11.1. The molecule has 2 aliphatic heterocycles. The monoisotopic (exact) mass is 261 g/mol. The molecule has 5 heteroatoms. The number of aromatic nitrogens is 1. The van der Waals surface area contributed by atoms with E-state index in [1.54, 1.807) is 18.3 Å². The van der Waals surface area contributed by atoms with Crippen LogP contribution in [0.25, 0.3) is 0 Å². The third-order valence-electron chi connectivity index (χ3n) is 4.23. The van der Waals surface area contributed by atoms with Crippen LogP contribution in [0.3, 0.4) is 0 Å². The van der Waals surface area contributed by atoms with Gasteiger partial charge in [-0.05, 0) is 38.4 Å². The summed E-state index contributed by atoms with van der Waals surface area (Å²) in [7, 11) is 0. The highest BCUT2D eigenvalue weighted by Crippen LogP contribution is 2.29. The van der Waals surface area contributed by atoms with Gasteiger partial charge >= 0.3 is 5.97 Å². The van der Waals surface area contributed by atoms with Crippen molar-refractivity contribution in [3.8, 4) is 0 Å². The molecular formula is C14H19N3O2. The van der Waals surface area contributed by atoms with E-state index in [2.05, 4.69) is 21.7 Å². The van der Waals surface area contributed by atoms with E-state index < -0.39 is 5.97 Å². The molecule has 3 heterocycles. The lowest BCUT2D eigenvalue weighted by Gasteiger charge is -2.43. The first kappa shape index (κ1) is 12.4. The molecule has 0 spiro atoms. The summed E-state index contributed by atoms with van der Waals surface area (Å²) in [4.78, 5) is 20.3. The van der Waals surface area contributed by atoms with Gasteiger partial charge in [-0.1, -0.05) is 0 Å². The largest absolute Gasteiger partial charge is 0.478 e. The minimum atomic E-state index is -0.899. The maximum Gasteiger partial charge on any atom is 0.339 e. The first-order chi connectivity index (χ1) is 9.16. The first-order valence-corrected chi connectivity index (χ1v) is 6.86. The number of hydrogen-bond acceptors (Lipinski definition) is 4. The minimum Gasteiger partial charge on any atom is -0.478 e. The Labute approximate surface area is 112 Å². The SMILES string of the molecule is CC1CN2CCCC2CN1c1ncccc1C(=O)O. The van der Waals surface area contributed by atoms with Crippen molar-refractivity contribution in [1.82, 2.24) is 9.88 Å². The number of carboxylic acids is 1. The molecule has 19 heavy (non-hydrogen) atoms. The molecule has 3 rings (SSSR count). The van der Waals surface area contributed by atoms with E-state index in [0.29, 0.717) is 23.5 Å². The predicted molar refractivity (Wildman–Crippen MR) is 72.6 cm³/mol. The summed E-state index contributed by atoms with van der Waals surface area (Å²) in [6.45, 7) is 5.21. The molecule has 0 bridgehead atoms. The fourth-order valence-corrected chi connectivity index (χ4v) is 3.28. The molecule has 0 radical (unpaired) electrons. The summed E-state index contributed by atoms with van der Waals surface area (Å²) in [6.07, 6.45) is 4.13. The Morgan fingerprint density at radius 2 is 2.32 bits per heavy atom. The number of fused-ring (bicyclic) bond motifs is 1. The van der Waals surface area contributed by atoms with Gasteiger partial charge in [0.2, 0.25) is 0 Å². The van der Waals surface area contributed by atoms with Gasteiger partial charge in [-0.2, -0.15) is 0 Å². The van der Waals surface area contributed by atoms with E-state index in [4.69, 9.17) is 0 Å². The molecule has 1 aromatic rings. The van der Waals surface area contributed by atoms with E-state index in [9.17, 15) is 9.90 Å². The van der Waals surface area contributed by atoms with E-state index in [0.717, 1.165) is 13.1 Å². The Bertz CT molecular complexity index is 491. The smallest absolute Gasteiger partial charge is 0.339 e. The first-order valence-electron chi connectivity index (χ1n) is 6.86. The average Bonchev–Trinajstić information content (AvgIpc) is 2.84. The molecule has 0 aromatic carbocycles. The van der Waals surface area contributed by atoms with Crippen LogP contribution in [0.1, 0.15) is 30.1 Å². The van der Waals surface area contributed by atoms with Crippen LogP contribution in [0, 0.1) is 0 Å². The van der Waals surface area contributed by atoms with Crippen LogP contribution in [0.2, 0.25) is 0 Å². The Hall–Kier alpha value is -1.62. The molecule has 2 saturated heterocycles. The fraction of sp³-hybridized carbons (Fsp3) is 0.571. The van der Waals surface area contributed by atoms with Gasteiger partial charge in [-0.25, -0.2) is 9.78 Å². The summed E-state index contributed by atoms with van der Waals surface area (Å²) >= 11 is 0. The summed E-state index contributed by atoms with van der Waals surface area (Å²) in [5, 5.41) is 9.29. The highest BCUT2D eigenvalue weighted by molar-refractivity contribution is 5.93. The lowest BCUT2D eigenvalue weighted by Crippen LogP contribution is -2.55. The quantitative estimate of drug-likeness (QED) is 0.873. The Morgan fingerprint density at radius 3 is 3.11 bits per heavy atom. The second-order valence-electron chi connectivity index (χ2n) is 5.47. The Morgan fingerprint density at radius 1 is 1.47 bits per heavy atom.